The van der Waals surface area contributed by atoms with Crippen molar-refractivity contribution in [3.8, 4) is 0 Å². The summed E-state index contributed by atoms with van der Waals surface area (Å²) < 4.78 is -0.828. The average Bonchev–Trinajstić information content (AvgIpc) is 1.97. The number of hydrogen-bond acceptors (Lipinski definition) is 4. The van der Waals surface area contributed by atoms with Gasteiger partial charge in [-0.1, -0.05) is 0 Å². The summed E-state index contributed by atoms with van der Waals surface area (Å²) in [5, 5.41) is 28.8. The Labute approximate surface area is 95.1 Å². The van der Waals surface area contributed by atoms with Crippen LogP contribution in [0.15, 0.2) is 0 Å². The molecule has 0 heterocycles. The van der Waals surface area contributed by atoms with E-state index < -0.39 is 23.4 Å². The van der Waals surface area contributed by atoms with Crippen molar-refractivity contribution >= 4 is 24.2 Å². The second kappa shape index (κ2) is 5.53. The number of quaternary nitrogens is 1. The van der Waals surface area contributed by atoms with Gasteiger partial charge in [0.2, 0.25) is 0 Å². The molecule has 0 saturated carbocycles. The number of aliphatic hydroxyl groups is 3. The molecule has 6 heteroatoms. The maximum Gasteiger partial charge on any atom is 0.191 e. The van der Waals surface area contributed by atoms with Crippen LogP contribution in [-0.4, -0.2) is 49.7 Å². The molecular formula is C8H19ClNO3S+. The van der Waals surface area contributed by atoms with Gasteiger partial charge in [0, 0.05) is 20.8 Å². The van der Waals surface area contributed by atoms with Gasteiger partial charge in [0.1, 0.15) is 11.3 Å². The van der Waals surface area contributed by atoms with Gasteiger partial charge in [-0.15, -0.1) is 11.6 Å². The third-order valence-electron chi connectivity index (χ3n) is 2.55. The van der Waals surface area contributed by atoms with Gasteiger partial charge in [0.25, 0.3) is 0 Å². The second-order valence-electron chi connectivity index (χ2n) is 3.51. The van der Waals surface area contributed by atoms with Gasteiger partial charge >= 0.3 is 0 Å². The highest BCUT2D eigenvalue weighted by molar-refractivity contribution is 7.82. The molecular weight excluding hydrogens is 226 g/mol. The first-order valence-electron chi connectivity index (χ1n) is 4.48. The van der Waals surface area contributed by atoms with Gasteiger partial charge in [0.15, 0.2) is 18.7 Å². The molecule has 0 aliphatic rings. The highest BCUT2D eigenvalue weighted by atomic mass is 35.5. The van der Waals surface area contributed by atoms with Crippen molar-refractivity contribution in [2.24, 2.45) is 0 Å². The molecule has 0 saturated heterocycles. The van der Waals surface area contributed by atoms with Gasteiger partial charge in [-0.05, 0) is 0 Å². The SMILES string of the molecule is CC(O)[N+](CC(S)Cl)(C(C)O)C(C)O. The Morgan fingerprint density at radius 1 is 1.07 bits per heavy atom. The third-order valence-corrected chi connectivity index (χ3v) is 2.86. The minimum absolute atomic E-state index is 0.178. The molecule has 0 amide bonds. The maximum absolute atomic E-state index is 9.61. The average molecular weight is 245 g/mol. The number of hydrogen-bond donors (Lipinski definition) is 4. The molecule has 0 aromatic heterocycles. The lowest BCUT2D eigenvalue weighted by Gasteiger charge is -2.45. The zero-order chi connectivity index (χ0) is 11.5. The maximum atomic E-state index is 9.61. The molecule has 0 spiro atoms. The van der Waals surface area contributed by atoms with Crippen molar-refractivity contribution in [3.63, 3.8) is 0 Å². The predicted molar refractivity (Wildman–Crippen MR) is 58.8 cm³/mol. The number of alkyl halides is 1. The lowest BCUT2D eigenvalue weighted by molar-refractivity contribution is -1.04. The monoisotopic (exact) mass is 244 g/mol. The first-order chi connectivity index (χ1) is 6.25. The molecule has 0 rings (SSSR count). The minimum atomic E-state index is -0.914. The van der Waals surface area contributed by atoms with Crippen LogP contribution in [0, 0.1) is 0 Å². The van der Waals surface area contributed by atoms with Gasteiger partial charge in [-0.25, -0.2) is 4.48 Å². The van der Waals surface area contributed by atoms with E-state index in [0.29, 0.717) is 0 Å². The highest BCUT2D eigenvalue weighted by Crippen LogP contribution is 2.24. The fraction of sp³-hybridized carbons (Fsp3) is 1.00. The zero-order valence-corrected chi connectivity index (χ0v) is 10.3. The number of rotatable bonds is 5. The van der Waals surface area contributed by atoms with E-state index in [2.05, 4.69) is 12.6 Å². The Hall–Kier alpha value is 0.480. The Kier molecular flexibility index (Phi) is 5.72. The summed E-state index contributed by atoms with van der Waals surface area (Å²) in [6, 6.07) is 0. The van der Waals surface area contributed by atoms with Crippen molar-refractivity contribution in [2.45, 2.75) is 44.2 Å². The van der Waals surface area contributed by atoms with Crippen LogP contribution in [0.4, 0.5) is 0 Å². The van der Waals surface area contributed by atoms with Gasteiger partial charge < -0.3 is 15.3 Å². The molecule has 0 aromatic rings. The first-order valence-corrected chi connectivity index (χ1v) is 5.43. The third kappa shape index (κ3) is 2.98. The molecule has 0 fully saturated rings. The van der Waals surface area contributed by atoms with E-state index in [4.69, 9.17) is 11.6 Å². The van der Waals surface area contributed by atoms with Crippen molar-refractivity contribution in [3.05, 3.63) is 0 Å². The molecule has 0 bridgehead atoms. The molecule has 0 aliphatic carbocycles. The minimum Gasteiger partial charge on any atom is -0.345 e. The fourth-order valence-corrected chi connectivity index (χ4v) is 2.18. The zero-order valence-electron chi connectivity index (χ0n) is 8.63. The van der Waals surface area contributed by atoms with E-state index in [9.17, 15) is 15.3 Å². The van der Waals surface area contributed by atoms with Crippen LogP contribution in [0.1, 0.15) is 20.8 Å². The molecule has 86 valence electrons. The van der Waals surface area contributed by atoms with Crippen LogP contribution in [0.2, 0.25) is 0 Å². The van der Waals surface area contributed by atoms with Crippen molar-refractivity contribution in [1.29, 1.82) is 0 Å². The van der Waals surface area contributed by atoms with E-state index in [-0.39, 0.29) is 11.0 Å². The molecule has 4 atom stereocenters. The summed E-state index contributed by atoms with van der Waals surface area (Å²) in [6.07, 6.45) is -2.74. The summed E-state index contributed by atoms with van der Waals surface area (Å²) in [5.74, 6) is 0. The number of aliphatic hydroxyl groups excluding tert-OH is 3. The fourth-order valence-electron chi connectivity index (χ4n) is 1.66. The molecule has 0 radical (unpaired) electrons. The summed E-state index contributed by atoms with van der Waals surface area (Å²) >= 11 is 9.70. The van der Waals surface area contributed by atoms with Crippen molar-refractivity contribution in [2.75, 3.05) is 6.54 Å². The van der Waals surface area contributed by atoms with E-state index in [1.54, 1.807) is 0 Å². The molecule has 0 aromatic carbocycles. The molecule has 0 aliphatic heterocycles. The van der Waals surface area contributed by atoms with Crippen LogP contribution in [0.25, 0.3) is 0 Å². The van der Waals surface area contributed by atoms with Crippen LogP contribution >= 0.6 is 24.2 Å². The Bertz CT molecular complexity index is 154. The quantitative estimate of drug-likeness (QED) is 0.244. The molecule has 3 N–H and O–H groups in total. The van der Waals surface area contributed by atoms with Gasteiger partial charge in [-0.3, -0.25) is 0 Å². The van der Waals surface area contributed by atoms with Crippen molar-refractivity contribution in [1.82, 2.24) is 0 Å². The van der Waals surface area contributed by atoms with Crippen molar-refractivity contribution < 1.29 is 19.8 Å². The smallest absolute Gasteiger partial charge is 0.191 e. The summed E-state index contributed by atoms with van der Waals surface area (Å²) in [6.45, 7) is 4.70. The Morgan fingerprint density at radius 2 is 1.36 bits per heavy atom. The Morgan fingerprint density at radius 3 is 1.43 bits per heavy atom. The van der Waals surface area contributed by atoms with E-state index in [0.717, 1.165) is 0 Å². The lowest BCUT2D eigenvalue weighted by Crippen LogP contribution is -2.66. The summed E-state index contributed by atoms with van der Waals surface area (Å²) in [7, 11) is 0. The molecule has 4 unspecified atom stereocenters. The standard InChI is InChI=1S/C8H18ClNO3S/c1-5(11)10(6(2)12,7(3)13)4-8(9)14/h5-8,11-13H,4H2,1-3H3/p+1. The first kappa shape index (κ1) is 14.5. The predicted octanol–water partition coefficient (Wildman–Crippen LogP) is 0.313. The normalized spacial score (nSPS) is 24.9. The van der Waals surface area contributed by atoms with Gasteiger partial charge in [-0.2, -0.15) is 12.6 Å². The number of nitrogens with zero attached hydrogens (tertiary/aromatic N) is 1. The van der Waals surface area contributed by atoms with E-state index >= 15 is 0 Å². The van der Waals surface area contributed by atoms with Crippen LogP contribution in [0.5, 0.6) is 0 Å². The molecule has 14 heavy (non-hydrogen) atoms. The second-order valence-corrected chi connectivity index (χ2v) is 4.96. The van der Waals surface area contributed by atoms with Gasteiger partial charge in [0.05, 0.1) is 0 Å². The number of thiol groups is 1. The molecule has 4 nitrogen and oxygen atoms in total. The summed E-state index contributed by atoms with van der Waals surface area (Å²) in [4.78, 5) is 0. The van der Waals surface area contributed by atoms with E-state index in [1.807, 2.05) is 0 Å². The van der Waals surface area contributed by atoms with Crippen LogP contribution < -0.4 is 0 Å². The topological polar surface area (TPSA) is 60.7 Å². The van der Waals surface area contributed by atoms with Crippen LogP contribution in [-0.2, 0) is 0 Å². The Balaban J connectivity index is 4.95. The number of halogens is 1. The largest absolute Gasteiger partial charge is 0.345 e. The highest BCUT2D eigenvalue weighted by Gasteiger charge is 2.43. The van der Waals surface area contributed by atoms with E-state index in [1.165, 1.54) is 20.8 Å². The summed E-state index contributed by atoms with van der Waals surface area (Å²) in [5.41, 5.74) is 0. The van der Waals surface area contributed by atoms with Crippen LogP contribution in [0.3, 0.4) is 0 Å². The lowest BCUT2D eigenvalue weighted by atomic mass is 10.2.